The van der Waals surface area contributed by atoms with Crippen molar-refractivity contribution in [3.8, 4) is 0 Å². The summed E-state index contributed by atoms with van der Waals surface area (Å²) < 4.78 is 0. The zero-order chi connectivity index (χ0) is 10.8. The molecule has 2 N–H and O–H groups in total. The standard InChI is InChI=1S/C12H13BClN/c13-12-7-10(15)5-6-11(12)8-1-3-9(14)4-2-8/h1-4,7H,5-6,13,15H2. The number of benzene rings is 1. The van der Waals surface area contributed by atoms with Gasteiger partial charge in [0, 0.05) is 10.7 Å². The van der Waals surface area contributed by atoms with Crippen molar-refractivity contribution in [1.82, 2.24) is 0 Å². The molecule has 0 fully saturated rings. The third-order valence-electron chi connectivity index (χ3n) is 2.73. The van der Waals surface area contributed by atoms with Gasteiger partial charge in [-0.25, -0.2) is 0 Å². The number of nitrogens with two attached hydrogens (primary N) is 1. The summed E-state index contributed by atoms with van der Waals surface area (Å²) in [6, 6.07) is 7.99. The molecule has 1 aliphatic rings. The van der Waals surface area contributed by atoms with Crippen molar-refractivity contribution in [2.45, 2.75) is 12.8 Å². The monoisotopic (exact) mass is 217 g/mol. The van der Waals surface area contributed by atoms with E-state index in [4.69, 9.17) is 17.3 Å². The molecular weight excluding hydrogens is 204 g/mol. The van der Waals surface area contributed by atoms with Gasteiger partial charge < -0.3 is 5.73 Å². The van der Waals surface area contributed by atoms with Crippen molar-refractivity contribution in [1.29, 1.82) is 0 Å². The van der Waals surface area contributed by atoms with E-state index in [9.17, 15) is 0 Å². The molecular formula is C12H13BClN. The molecule has 0 bridgehead atoms. The SMILES string of the molecule is BC1=C(c2ccc(Cl)cc2)CCC(N)=C1. The molecule has 1 aromatic rings. The third-order valence-corrected chi connectivity index (χ3v) is 2.99. The van der Waals surface area contributed by atoms with Crippen LogP contribution in [0.5, 0.6) is 0 Å². The summed E-state index contributed by atoms with van der Waals surface area (Å²) >= 11 is 5.86. The van der Waals surface area contributed by atoms with Gasteiger partial charge in [0.15, 0.2) is 0 Å². The first-order chi connectivity index (χ1) is 7.16. The molecule has 3 heteroatoms. The first-order valence-corrected chi connectivity index (χ1v) is 5.46. The molecule has 0 unspecified atom stereocenters. The lowest BCUT2D eigenvalue weighted by atomic mass is 9.81. The van der Waals surface area contributed by atoms with Gasteiger partial charge in [-0.05, 0) is 42.2 Å². The van der Waals surface area contributed by atoms with Crippen molar-refractivity contribution < 1.29 is 0 Å². The second-order valence-electron chi connectivity index (χ2n) is 3.89. The zero-order valence-electron chi connectivity index (χ0n) is 8.76. The van der Waals surface area contributed by atoms with E-state index in [1.807, 2.05) is 12.1 Å². The molecule has 0 aliphatic heterocycles. The maximum atomic E-state index is 5.86. The Kier molecular flexibility index (Phi) is 2.87. The van der Waals surface area contributed by atoms with E-state index < -0.39 is 0 Å². The smallest absolute Gasteiger partial charge is 0.139 e. The Morgan fingerprint density at radius 2 is 1.80 bits per heavy atom. The highest BCUT2D eigenvalue weighted by Crippen LogP contribution is 2.29. The lowest BCUT2D eigenvalue weighted by Gasteiger charge is -2.16. The fourth-order valence-corrected chi connectivity index (χ4v) is 2.05. The van der Waals surface area contributed by atoms with Crippen LogP contribution in [0.3, 0.4) is 0 Å². The van der Waals surface area contributed by atoms with Crippen molar-refractivity contribution in [2.24, 2.45) is 5.73 Å². The summed E-state index contributed by atoms with van der Waals surface area (Å²) in [6.45, 7) is 0. The summed E-state index contributed by atoms with van der Waals surface area (Å²) in [5.74, 6) is 0. The quantitative estimate of drug-likeness (QED) is 0.718. The van der Waals surface area contributed by atoms with Crippen molar-refractivity contribution in [3.05, 3.63) is 52.1 Å². The third kappa shape index (κ3) is 2.27. The molecule has 2 rings (SSSR count). The predicted octanol–water partition coefficient (Wildman–Crippen LogP) is 2.32. The second kappa shape index (κ2) is 4.15. The van der Waals surface area contributed by atoms with E-state index in [1.165, 1.54) is 16.6 Å². The van der Waals surface area contributed by atoms with Crippen LogP contribution >= 0.6 is 11.6 Å². The molecule has 1 aliphatic carbocycles. The molecule has 0 spiro atoms. The van der Waals surface area contributed by atoms with Gasteiger partial charge in [-0.2, -0.15) is 0 Å². The van der Waals surface area contributed by atoms with Crippen LogP contribution in [0.1, 0.15) is 18.4 Å². The van der Waals surface area contributed by atoms with Crippen molar-refractivity contribution in [3.63, 3.8) is 0 Å². The molecule has 0 amide bonds. The van der Waals surface area contributed by atoms with E-state index in [1.54, 1.807) is 0 Å². The minimum absolute atomic E-state index is 0.780. The molecule has 0 heterocycles. The topological polar surface area (TPSA) is 26.0 Å². The van der Waals surface area contributed by atoms with Crippen LogP contribution in [0.25, 0.3) is 5.57 Å². The van der Waals surface area contributed by atoms with Crippen molar-refractivity contribution in [2.75, 3.05) is 0 Å². The van der Waals surface area contributed by atoms with Crippen LogP contribution in [-0.4, -0.2) is 7.85 Å². The minimum atomic E-state index is 0.780. The average molecular weight is 218 g/mol. The predicted molar refractivity (Wildman–Crippen MR) is 68.4 cm³/mol. The molecule has 1 nitrogen and oxygen atoms in total. The summed E-state index contributed by atoms with van der Waals surface area (Å²) in [7, 11) is 2.11. The Bertz CT molecular complexity index is 431. The van der Waals surface area contributed by atoms with Crippen LogP contribution in [0.15, 0.2) is 41.5 Å². The first-order valence-electron chi connectivity index (χ1n) is 5.08. The largest absolute Gasteiger partial charge is 0.402 e. The van der Waals surface area contributed by atoms with E-state index in [0.717, 1.165) is 23.6 Å². The van der Waals surface area contributed by atoms with Gasteiger partial charge in [0.1, 0.15) is 7.85 Å². The Morgan fingerprint density at radius 1 is 1.13 bits per heavy atom. The van der Waals surface area contributed by atoms with Crippen LogP contribution in [0.4, 0.5) is 0 Å². The van der Waals surface area contributed by atoms with E-state index in [0.29, 0.717) is 0 Å². The lowest BCUT2D eigenvalue weighted by molar-refractivity contribution is 0.955. The highest BCUT2D eigenvalue weighted by molar-refractivity contribution is 6.30. The molecule has 0 atom stereocenters. The van der Waals surface area contributed by atoms with E-state index in [2.05, 4.69) is 26.1 Å². The number of hydrogen-bond acceptors (Lipinski definition) is 1. The summed E-state index contributed by atoms with van der Waals surface area (Å²) in [5.41, 5.74) is 10.7. The second-order valence-corrected chi connectivity index (χ2v) is 4.32. The Morgan fingerprint density at radius 3 is 2.40 bits per heavy atom. The molecule has 0 saturated heterocycles. The fraction of sp³-hybridized carbons (Fsp3) is 0.167. The normalized spacial score (nSPS) is 16.5. The summed E-state index contributed by atoms with van der Waals surface area (Å²) in [6.07, 6.45) is 4.04. The number of allylic oxidation sites excluding steroid dienone is 4. The van der Waals surface area contributed by atoms with Crippen LogP contribution in [-0.2, 0) is 0 Å². The summed E-state index contributed by atoms with van der Waals surface area (Å²) in [4.78, 5) is 0. The van der Waals surface area contributed by atoms with E-state index in [-0.39, 0.29) is 0 Å². The maximum Gasteiger partial charge on any atom is 0.139 e. The highest BCUT2D eigenvalue weighted by atomic mass is 35.5. The highest BCUT2D eigenvalue weighted by Gasteiger charge is 2.10. The molecule has 0 saturated carbocycles. The lowest BCUT2D eigenvalue weighted by Crippen LogP contribution is -2.05. The van der Waals surface area contributed by atoms with Gasteiger partial charge in [-0.15, -0.1) is 0 Å². The van der Waals surface area contributed by atoms with Gasteiger partial charge in [-0.1, -0.05) is 29.2 Å². The molecule has 76 valence electrons. The zero-order valence-corrected chi connectivity index (χ0v) is 9.51. The van der Waals surface area contributed by atoms with E-state index >= 15 is 0 Å². The Labute approximate surface area is 96.0 Å². The average Bonchev–Trinajstić information content (AvgIpc) is 2.20. The molecule has 15 heavy (non-hydrogen) atoms. The number of rotatable bonds is 1. The van der Waals surface area contributed by atoms with Gasteiger partial charge in [0.05, 0.1) is 0 Å². The Balaban J connectivity index is 2.39. The summed E-state index contributed by atoms with van der Waals surface area (Å²) in [5, 5.41) is 0.780. The van der Waals surface area contributed by atoms with Crippen LogP contribution in [0.2, 0.25) is 5.02 Å². The fourth-order valence-electron chi connectivity index (χ4n) is 1.93. The minimum Gasteiger partial charge on any atom is -0.402 e. The van der Waals surface area contributed by atoms with Crippen LogP contribution in [0, 0.1) is 0 Å². The number of halogens is 1. The molecule has 0 aromatic heterocycles. The number of hydrogen-bond donors (Lipinski definition) is 1. The van der Waals surface area contributed by atoms with Crippen molar-refractivity contribution >= 4 is 25.0 Å². The first kappa shape index (κ1) is 10.4. The molecule has 1 aromatic carbocycles. The van der Waals surface area contributed by atoms with Crippen LogP contribution < -0.4 is 5.73 Å². The van der Waals surface area contributed by atoms with Gasteiger partial charge in [-0.3, -0.25) is 0 Å². The van der Waals surface area contributed by atoms with Gasteiger partial charge >= 0.3 is 0 Å². The molecule has 0 radical (unpaired) electrons. The Hall–Kier alpha value is -1.15. The maximum absolute atomic E-state index is 5.86. The van der Waals surface area contributed by atoms with Gasteiger partial charge in [0.25, 0.3) is 0 Å². The van der Waals surface area contributed by atoms with Gasteiger partial charge in [0.2, 0.25) is 0 Å².